The van der Waals surface area contributed by atoms with Gasteiger partial charge in [-0.15, -0.1) is 0 Å². The van der Waals surface area contributed by atoms with Gasteiger partial charge in [-0.25, -0.2) is 10.2 Å². The van der Waals surface area contributed by atoms with Crippen molar-refractivity contribution in [3.8, 4) is 0 Å². The summed E-state index contributed by atoms with van der Waals surface area (Å²) in [4.78, 5) is 22.1. The highest BCUT2D eigenvalue weighted by molar-refractivity contribution is 5.89. The minimum Gasteiger partial charge on any atom is -0.307 e. The Labute approximate surface area is 191 Å². The highest BCUT2D eigenvalue weighted by Crippen LogP contribution is 2.30. The van der Waals surface area contributed by atoms with E-state index in [0.29, 0.717) is 6.54 Å². The lowest BCUT2D eigenvalue weighted by molar-refractivity contribution is 0.239. The maximum Gasteiger partial charge on any atom is 0.338 e. The predicted octanol–water partition coefficient (Wildman–Crippen LogP) is 2.75. The largest absolute Gasteiger partial charge is 0.338 e. The fraction of sp³-hybridized carbons (Fsp3) is 0.115. The van der Waals surface area contributed by atoms with Crippen molar-refractivity contribution in [2.45, 2.75) is 12.6 Å². The van der Waals surface area contributed by atoms with Crippen LogP contribution in [0.15, 0.2) is 95.2 Å². The van der Waals surface area contributed by atoms with Gasteiger partial charge in [0.15, 0.2) is 5.66 Å². The molecule has 0 fully saturated rings. The van der Waals surface area contributed by atoms with Crippen molar-refractivity contribution in [2.75, 3.05) is 11.9 Å². The first-order chi connectivity index (χ1) is 16.1. The molecular weight excluding hydrogens is 412 g/mol. The normalized spacial score (nSPS) is 18.6. The molecule has 2 amide bonds. The first-order valence-corrected chi connectivity index (χ1v) is 10.8. The average molecular weight is 437 g/mol. The van der Waals surface area contributed by atoms with E-state index in [-0.39, 0.29) is 6.03 Å². The first kappa shape index (κ1) is 20.7. The molecule has 3 aromatic carbocycles. The monoisotopic (exact) mass is 436 g/mol. The van der Waals surface area contributed by atoms with Crippen LogP contribution in [0.25, 0.3) is 6.20 Å². The molecule has 3 aromatic rings. The number of benzene rings is 3. The summed E-state index contributed by atoms with van der Waals surface area (Å²) in [5.74, 6) is 0. The van der Waals surface area contributed by atoms with Gasteiger partial charge < -0.3 is 5.32 Å². The van der Waals surface area contributed by atoms with E-state index in [1.807, 2.05) is 80.0 Å². The minimum absolute atomic E-state index is 0.350. The van der Waals surface area contributed by atoms with Gasteiger partial charge in [-0.3, -0.25) is 20.3 Å². The molecule has 0 radical (unpaired) electrons. The average Bonchev–Trinajstić information content (AvgIpc) is 3.22. The number of aliphatic imine (C=N–C) groups is 1. The molecule has 164 valence electrons. The fourth-order valence-electron chi connectivity index (χ4n) is 4.15. The Balaban J connectivity index is 1.52. The number of aryl methyl sites for hydroxylation is 1. The zero-order chi connectivity index (χ0) is 22.7. The Hall–Kier alpha value is -4.23. The van der Waals surface area contributed by atoms with Crippen LogP contribution in [0, 0.1) is 6.92 Å². The van der Waals surface area contributed by atoms with Crippen LogP contribution in [0.2, 0.25) is 0 Å². The number of nitrogens with one attached hydrogen (secondary N) is 3. The van der Waals surface area contributed by atoms with Crippen LogP contribution in [0.4, 0.5) is 10.5 Å². The van der Waals surface area contributed by atoms with Gasteiger partial charge in [0.05, 0.1) is 5.36 Å². The number of carbonyl (C=O) groups is 1. The van der Waals surface area contributed by atoms with E-state index < -0.39 is 5.66 Å². The molecule has 0 aromatic heterocycles. The number of hydrogen-bond acceptors (Lipinski definition) is 5. The molecule has 1 unspecified atom stereocenters. The van der Waals surface area contributed by atoms with E-state index in [1.165, 1.54) is 0 Å². The molecule has 5 rings (SSSR count). The van der Waals surface area contributed by atoms with Gasteiger partial charge in [0, 0.05) is 47.8 Å². The van der Waals surface area contributed by atoms with E-state index in [4.69, 9.17) is 4.99 Å². The summed E-state index contributed by atoms with van der Waals surface area (Å²) in [5.41, 5.74) is 5.93. The van der Waals surface area contributed by atoms with E-state index in [1.54, 1.807) is 17.4 Å². The highest BCUT2D eigenvalue weighted by atomic mass is 16.2. The number of anilines is 1. The molecular formula is C26H24N6O. The Kier molecular flexibility index (Phi) is 5.46. The van der Waals surface area contributed by atoms with Crippen LogP contribution < -0.4 is 26.6 Å². The number of nitrogens with zero attached hydrogens (tertiary/aromatic N) is 3. The third-order valence-electron chi connectivity index (χ3n) is 5.61. The van der Waals surface area contributed by atoms with Crippen molar-refractivity contribution < 1.29 is 4.79 Å². The van der Waals surface area contributed by atoms with Crippen LogP contribution in [0.3, 0.4) is 0 Å². The maximum absolute atomic E-state index is 12.7. The molecule has 3 N–H and O–H groups in total. The lowest BCUT2D eigenvalue weighted by Crippen LogP contribution is -2.46. The Morgan fingerprint density at radius 2 is 1.91 bits per heavy atom. The zero-order valence-electron chi connectivity index (χ0n) is 18.2. The quantitative estimate of drug-likeness (QED) is 0.588. The molecule has 0 saturated heterocycles. The second-order valence-electron chi connectivity index (χ2n) is 7.91. The second kappa shape index (κ2) is 8.72. The molecule has 2 aliphatic rings. The summed E-state index contributed by atoms with van der Waals surface area (Å²) in [5, 5.41) is 9.69. The SMILES string of the molecule is Cc1cccc(NC(=O)NN2C=CN=c3cccc(C4(c5ccccc5)N=CCN4)c3=C2)c1. The number of hydrazine groups is 1. The van der Waals surface area contributed by atoms with Crippen LogP contribution in [0.5, 0.6) is 0 Å². The molecule has 0 bridgehead atoms. The van der Waals surface area contributed by atoms with Crippen molar-refractivity contribution in [3.63, 3.8) is 0 Å². The Morgan fingerprint density at radius 3 is 2.70 bits per heavy atom. The zero-order valence-corrected chi connectivity index (χ0v) is 18.2. The molecule has 0 aliphatic carbocycles. The van der Waals surface area contributed by atoms with Gasteiger partial charge in [-0.2, -0.15) is 0 Å². The van der Waals surface area contributed by atoms with E-state index in [0.717, 1.165) is 33.0 Å². The van der Waals surface area contributed by atoms with E-state index in [2.05, 4.69) is 33.2 Å². The van der Waals surface area contributed by atoms with Crippen molar-refractivity contribution in [3.05, 3.63) is 112 Å². The number of rotatable bonds is 4. The van der Waals surface area contributed by atoms with Gasteiger partial charge in [0.2, 0.25) is 0 Å². The summed E-state index contributed by atoms with van der Waals surface area (Å²) in [7, 11) is 0. The van der Waals surface area contributed by atoms with Crippen molar-refractivity contribution in [1.29, 1.82) is 0 Å². The van der Waals surface area contributed by atoms with Crippen LogP contribution in [-0.4, -0.2) is 23.8 Å². The molecule has 7 heteroatoms. The van der Waals surface area contributed by atoms with Crippen LogP contribution in [0.1, 0.15) is 16.7 Å². The standard InChI is InChI=1S/C26H24N6O/c1-19-7-5-10-21(17-19)30-25(33)31-32-16-15-27-24-12-6-11-23(22(24)18-32)26(28-13-14-29-26)20-8-3-2-4-9-20/h2-13,15-18,29H,14H2,1H3,(H2,30,31,33). The molecule has 0 saturated carbocycles. The van der Waals surface area contributed by atoms with Gasteiger partial charge in [-0.05, 0) is 36.2 Å². The molecule has 0 spiro atoms. The van der Waals surface area contributed by atoms with Gasteiger partial charge in [0.1, 0.15) is 0 Å². The number of fused-ring (bicyclic) bond motifs is 1. The third-order valence-corrected chi connectivity index (χ3v) is 5.61. The lowest BCUT2D eigenvalue weighted by atomic mass is 9.90. The number of hydrogen-bond donors (Lipinski definition) is 3. The molecule has 1 atom stereocenters. The molecule has 2 heterocycles. The fourth-order valence-corrected chi connectivity index (χ4v) is 4.15. The minimum atomic E-state index is -0.724. The summed E-state index contributed by atoms with van der Waals surface area (Å²) >= 11 is 0. The van der Waals surface area contributed by atoms with Gasteiger partial charge in [-0.1, -0.05) is 54.6 Å². The summed E-state index contributed by atoms with van der Waals surface area (Å²) in [6.07, 6.45) is 7.14. The maximum atomic E-state index is 12.7. The smallest absolute Gasteiger partial charge is 0.307 e. The molecule has 2 aliphatic heterocycles. The second-order valence-corrected chi connectivity index (χ2v) is 7.91. The van der Waals surface area contributed by atoms with Crippen molar-refractivity contribution in [2.24, 2.45) is 9.98 Å². The van der Waals surface area contributed by atoms with Crippen molar-refractivity contribution >= 4 is 24.1 Å². The van der Waals surface area contributed by atoms with Crippen LogP contribution >= 0.6 is 0 Å². The Bertz CT molecular complexity index is 1370. The van der Waals surface area contributed by atoms with Gasteiger partial charge >= 0.3 is 6.03 Å². The number of urea groups is 1. The summed E-state index contributed by atoms with van der Waals surface area (Å²) in [6, 6.07) is 23.4. The highest BCUT2D eigenvalue weighted by Gasteiger charge is 2.36. The lowest BCUT2D eigenvalue weighted by Gasteiger charge is -2.29. The third kappa shape index (κ3) is 4.14. The summed E-state index contributed by atoms with van der Waals surface area (Å²) in [6.45, 7) is 2.64. The molecule has 7 nitrogen and oxygen atoms in total. The summed E-state index contributed by atoms with van der Waals surface area (Å²) < 4.78 is 0. The van der Waals surface area contributed by atoms with E-state index >= 15 is 0 Å². The van der Waals surface area contributed by atoms with Gasteiger partial charge in [0.25, 0.3) is 0 Å². The molecule has 33 heavy (non-hydrogen) atoms. The van der Waals surface area contributed by atoms with Crippen molar-refractivity contribution in [1.82, 2.24) is 15.8 Å². The Morgan fingerprint density at radius 1 is 1.06 bits per heavy atom. The number of carbonyl (C=O) groups excluding carboxylic acids is 1. The first-order valence-electron chi connectivity index (χ1n) is 10.8. The predicted molar refractivity (Wildman–Crippen MR) is 130 cm³/mol. The topological polar surface area (TPSA) is 81.1 Å². The van der Waals surface area contributed by atoms with E-state index in [9.17, 15) is 4.79 Å². The van der Waals surface area contributed by atoms with Crippen LogP contribution in [-0.2, 0) is 5.66 Å². The number of amides is 2.